The lowest BCUT2D eigenvalue weighted by Gasteiger charge is -2.28. The zero-order valence-corrected chi connectivity index (χ0v) is 22.0. The molecule has 0 unspecified atom stereocenters. The number of methoxy groups -OCH3 is 1. The molecule has 3 aromatic heterocycles. The standard InChI is InChI=1S/C28H34N6O4/c1-34-23(16-37-28-29-14-13-21(31-28)17-5-3-6-17)26(32-33-34)22-11-12-24(25(30-22)18-9-10-18)38-20-8-4-7-19(15-20)27(35)36-2/h11-14,17-20H,3-10,15-16H2,1-2H3/t19-,20-/m0/s1. The summed E-state index contributed by atoms with van der Waals surface area (Å²) in [5.74, 6) is 1.45. The van der Waals surface area contributed by atoms with Crippen LogP contribution in [0.4, 0.5) is 0 Å². The van der Waals surface area contributed by atoms with E-state index in [1.807, 2.05) is 25.2 Å². The molecule has 10 heteroatoms. The van der Waals surface area contributed by atoms with Gasteiger partial charge in [0.1, 0.15) is 23.7 Å². The van der Waals surface area contributed by atoms with Crippen LogP contribution in [0, 0.1) is 5.92 Å². The van der Waals surface area contributed by atoms with Crippen molar-refractivity contribution in [3.05, 3.63) is 41.5 Å². The van der Waals surface area contributed by atoms with Crippen LogP contribution in [-0.4, -0.2) is 49.1 Å². The fraction of sp³-hybridized carbons (Fsp3) is 0.571. The van der Waals surface area contributed by atoms with Crippen LogP contribution >= 0.6 is 0 Å². The van der Waals surface area contributed by atoms with Gasteiger partial charge in [-0.15, -0.1) is 5.10 Å². The molecule has 3 aliphatic rings. The first-order valence-corrected chi connectivity index (χ1v) is 13.7. The number of carbonyl (C=O) groups is 1. The molecule has 6 rings (SSSR count). The van der Waals surface area contributed by atoms with Crippen molar-refractivity contribution in [1.29, 1.82) is 0 Å². The van der Waals surface area contributed by atoms with Gasteiger partial charge in [0.2, 0.25) is 0 Å². The third kappa shape index (κ3) is 5.21. The lowest BCUT2D eigenvalue weighted by Crippen LogP contribution is -2.30. The molecule has 200 valence electrons. The van der Waals surface area contributed by atoms with Crippen molar-refractivity contribution < 1.29 is 19.0 Å². The van der Waals surface area contributed by atoms with E-state index >= 15 is 0 Å². The number of aromatic nitrogens is 6. The highest BCUT2D eigenvalue weighted by Crippen LogP contribution is 2.45. The van der Waals surface area contributed by atoms with Crippen LogP contribution in [0.5, 0.6) is 11.8 Å². The second-order valence-corrected chi connectivity index (χ2v) is 10.7. The quantitative estimate of drug-likeness (QED) is 0.378. The second-order valence-electron chi connectivity index (χ2n) is 10.7. The summed E-state index contributed by atoms with van der Waals surface area (Å²) in [6.45, 7) is 0.239. The van der Waals surface area contributed by atoms with E-state index < -0.39 is 0 Å². The summed E-state index contributed by atoms with van der Waals surface area (Å²) in [4.78, 5) is 26.0. The maximum absolute atomic E-state index is 12.1. The van der Waals surface area contributed by atoms with E-state index in [1.54, 1.807) is 10.9 Å². The van der Waals surface area contributed by atoms with Crippen molar-refractivity contribution in [2.75, 3.05) is 7.11 Å². The van der Waals surface area contributed by atoms with Gasteiger partial charge in [-0.3, -0.25) is 4.79 Å². The molecule has 0 spiro atoms. The highest BCUT2D eigenvalue weighted by Gasteiger charge is 2.33. The number of hydrogen-bond acceptors (Lipinski definition) is 9. The maximum atomic E-state index is 12.1. The Kier molecular flexibility index (Phi) is 6.95. The van der Waals surface area contributed by atoms with Gasteiger partial charge >= 0.3 is 12.0 Å². The number of nitrogens with zero attached hydrogens (tertiary/aromatic N) is 6. The van der Waals surface area contributed by atoms with Gasteiger partial charge in [0.05, 0.1) is 36.2 Å². The Morgan fingerprint density at radius 2 is 1.87 bits per heavy atom. The molecule has 3 fully saturated rings. The molecule has 0 bridgehead atoms. The normalized spacial score (nSPS) is 21.5. The van der Waals surface area contributed by atoms with Crippen LogP contribution in [0.1, 0.15) is 86.7 Å². The van der Waals surface area contributed by atoms with E-state index in [4.69, 9.17) is 19.2 Å². The van der Waals surface area contributed by atoms with Crippen LogP contribution in [0.2, 0.25) is 0 Å². The van der Waals surface area contributed by atoms with Gasteiger partial charge in [0.25, 0.3) is 0 Å². The highest BCUT2D eigenvalue weighted by molar-refractivity contribution is 5.72. The van der Waals surface area contributed by atoms with Gasteiger partial charge in [-0.2, -0.15) is 4.98 Å². The van der Waals surface area contributed by atoms with Crippen LogP contribution in [0.3, 0.4) is 0 Å². The molecular weight excluding hydrogens is 484 g/mol. The first kappa shape index (κ1) is 24.8. The van der Waals surface area contributed by atoms with E-state index in [0.717, 1.165) is 60.6 Å². The largest absolute Gasteiger partial charge is 0.488 e. The fourth-order valence-corrected chi connectivity index (χ4v) is 5.38. The zero-order chi connectivity index (χ0) is 26.1. The topological polar surface area (TPSA) is 114 Å². The van der Waals surface area contributed by atoms with Gasteiger partial charge in [-0.25, -0.2) is 14.6 Å². The molecule has 0 N–H and O–H groups in total. The summed E-state index contributed by atoms with van der Waals surface area (Å²) in [6, 6.07) is 6.27. The number of rotatable bonds is 9. The Bertz CT molecular complexity index is 1300. The molecule has 38 heavy (non-hydrogen) atoms. The molecule has 3 heterocycles. The lowest BCUT2D eigenvalue weighted by molar-refractivity contribution is -0.147. The Morgan fingerprint density at radius 3 is 2.63 bits per heavy atom. The Labute approximate surface area is 222 Å². The van der Waals surface area contributed by atoms with E-state index in [1.165, 1.54) is 26.4 Å². The van der Waals surface area contributed by atoms with E-state index in [9.17, 15) is 4.79 Å². The van der Waals surface area contributed by atoms with Crippen molar-refractivity contribution in [3.8, 4) is 23.1 Å². The molecule has 0 amide bonds. The predicted molar refractivity (Wildman–Crippen MR) is 138 cm³/mol. The molecule has 0 radical (unpaired) electrons. The van der Waals surface area contributed by atoms with Crippen molar-refractivity contribution in [1.82, 2.24) is 29.9 Å². The molecule has 0 aromatic carbocycles. The lowest BCUT2D eigenvalue weighted by atomic mass is 9.83. The average Bonchev–Trinajstić information content (AvgIpc) is 3.69. The van der Waals surface area contributed by atoms with Crippen molar-refractivity contribution >= 4 is 5.97 Å². The summed E-state index contributed by atoms with van der Waals surface area (Å²) in [5, 5.41) is 8.65. The number of aryl methyl sites for hydroxylation is 1. The maximum Gasteiger partial charge on any atom is 0.316 e. The summed E-state index contributed by atoms with van der Waals surface area (Å²) in [6.07, 6.45) is 10.9. The molecular formula is C28H34N6O4. The first-order chi connectivity index (χ1) is 18.6. The van der Waals surface area contributed by atoms with Gasteiger partial charge in [0, 0.05) is 25.1 Å². The second kappa shape index (κ2) is 10.7. The highest BCUT2D eigenvalue weighted by atomic mass is 16.5. The minimum Gasteiger partial charge on any atom is -0.488 e. The number of ether oxygens (including phenoxy) is 3. The van der Waals surface area contributed by atoms with Crippen LogP contribution in [-0.2, 0) is 23.2 Å². The van der Waals surface area contributed by atoms with Crippen LogP contribution < -0.4 is 9.47 Å². The summed E-state index contributed by atoms with van der Waals surface area (Å²) >= 11 is 0. The SMILES string of the molecule is COC(=O)[C@H]1CCC[C@H](Oc2ccc(-c3nnn(C)c3COc3nccc(C4CCC4)n3)nc2C2CC2)C1. The monoisotopic (exact) mass is 518 g/mol. The summed E-state index contributed by atoms with van der Waals surface area (Å²) in [7, 11) is 3.30. The number of carbonyl (C=O) groups excluding carboxylic acids is 1. The van der Waals surface area contributed by atoms with Crippen LogP contribution in [0.15, 0.2) is 24.4 Å². The van der Waals surface area contributed by atoms with Gasteiger partial charge in [0.15, 0.2) is 0 Å². The molecule has 3 saturated carbocycles. The minimum atomic E-state index is -0.147. The summed E-state index contributed by atoms with van der Waals surface area (Å²) in [5.41, 5.74) is 4.23. The third-order valence-corrected chi connectivity index (χ3v) is 8.01. The summed E-state index contributed by atoms with van der Waals surface area (Å²) < 4.78 is 19.1. The Morgan fingerprint density at radius 1 is 1.03 bits per heavy atom. The van der Waals surface area contributed by atoms with Crippen molar-refractivity contribution in [3.63, 3.8) is 0 Å². The predicted octanol–water partition coefficient (Wildman–Crippen LogP) is 4.50. The van der Waals surface area contributed by atoms with E-state index in [0.29, 0.717) is 30.0 Å². The fourth-order valence-electron chi connectivity index (χ4n) is 5.38. The van der Waals surface area contributed by atoms with Gasteiger partial charge in [-0.05, 0) is 69.6 Å². The van der Waals surface area contributed by atoms with Crippen molar-refractivity contribution in [2.24, 2.45) is 13.0 Å². The van der Waals surface area contributed by atoms with Crippen molar-refractivity contribution in [2.45, 2.75) is 82.3 Å². The van der Waals surface area contributed by atoms with Gasteiger partial charge in [-0.1, -0.05) is 11.6 Å². The molecule has 0 saturated heterocycles. The Hall–Kier alpha value is -3.56. The van der Waals surface area contributed by atoms with E-state index in [-0.39, 0.29) is 24.6 Å². The smallest absolute Gasteiger partial charge is 0.316 e. The molecule has 2 atom stereocenters. The zero-order valence-electron chi connectivity index (χ0n) is 22.0. The third-order valence-electron chi connectivity index (χ3n) is 8.01. The first-order valence-electron chi connectivity index (χ1n) is 13.7. The molecule has 0 aliphatic heterocycles. The van der Waals surface area contributed by atoms with E-state index in [2.05, 4.69) is 20.3 Å². The van der Waals surface area contributed by atoms with Crippen LogP contribution in [0.25, 0.3) is 11.4 Å². The number of pyridine rings is 1. The Balaban J connectivity index is 1.19. The average molecular weight is 519 g/mol. The molecule has 3 aliphatic carbocycles. The number of hydrogen-bond donors (Lipinski definition) is 0. The molecule has 3 aromatic rings. The number of esters is 1. The molecule has 10 nitrogen and oxygen atoms in total. The minimum absolute atomic E-state index is 0.0193. The van der Waals surface area contributed by atoms with Gasteiger partial charge < -0.3 is 14.2 Å².